The zero-order valence-corrected chi connectivity index (χ0v) is 17.1. The van der Waals surface area contributed by atoms with Gasteiger partial charge in [-0.25, -0.2) is 4.98 Å². The van der Waals surface area contributed by atoms with Crippen LogP contribution in [0.15, 0.2) is 34.0 Å². The first-order valence-electron chi connectivity index (χ1n) is 7.87. The van der Waals surface area contributed by atoms with Crippen LogP contribution in [0.3, 0.4) is 0 Å². The van der Waals surface area contributed by atoms with Crippen LogP contribution in [-0.4, -0.2) is 32.7 Å². The first-order chi connectivity index (χ1) is 13.7. The van der Waals surface area contributed by atoms with E-state index in [0.717, 1.165) is 47.0 Å². The van der Waals surface area contributed by atoms with Crippen LogP contribution in [0, 0.1) is 6.92 Å². The fourth-order valence-corrected chi connectivity index (χ4v) is 4.27. The lowest BCUT2D eigenvalue weighted by molar-refractivity contribution is -0.137. The number of amides is 2. The Morgan fingerprint density at radius 2 is 1.97 bits per heavy atom. The predicted molar refractivity (Wildman–Crippen MR) is 106 cm³/mol. The van der Waals surface area contributed by atoms with Gasteiger partial charge in [0.2, 0.25) is 11.0 Å². The number of thiazole rings is 1. The fraction of sp³-hybridized carbons (Fsp3) is 0.188. The van der Waals surface area contributed by atoms with Crippen molar-refractivity contribution in [3.05, 3.63) is 46.5 Å². The van der Waals surface area contributed by atoms with Crippen LogP contribution >= 0.6 is 34.4 Å². The van der Waals surface area contributed by atoms with Crippen molar-refractivity contribution < 1.29 is 22.8 Å². The quantitative estimate of drug-likeness (QED) is 0.421. The van der Waals surface area contributed by atoms with Gasteiger partial charge in [0.05, 0.1) is 17.0 Å². The van der Waals surface area contributed by atoms with E-state index in [1.165, 1.54) is 17.4 Å². The fourth-order valence-electron chi connectivity index (χ4n) is 2.02. The summed E-state index contributed by atoms with van der Waals surface area (Å²) in [6, 6.07) is 4.07. The number of hydrogen-bond donors (Lipinski definition) is 2. The minimum absolute atomic E-state index is 0.0643. The van der Waals surface area contributed by atoms with Crippen molar-refractivity contribution in [2.24, 2.45) is 0 Å². The number of benzene rings is 1. The smallest absolute Gasteiger partial charge is 0.301 e. The highest BCUT2D eigenvalue weighted by Gasteiger charge is 2.31. The molecular weight excluding hydrogens is 447 g/mol. The second-order valence-corrected chi connectivity index (χ2v) is 8.59. The molecule has 0 fully saturated rings. The molecule has 152 valence electrons. The molecule has 0 aliphatic carbocycles. The maximum Gasteiger partial charge on any atom is 0.416 e. The highest BCUT2D eigenvalue weighted by atomic mass is 32.2. The number of carbonyl (C=O) groups excluding carboxylic acids is 2. The zero-order chi connectivity index (χ0) is 21.0. The Hall–Kier alpha value is -2.51. The highest BCUT2D eigenvalue weighted by molar-refractivity contribution is 8.01. The zero-order valence-electron chi connectivity index (χ0n) is 14.6. The number of aryl methyl sites for hydroxylation is 1. The maximum absolute atomic E-state index is 12.8. The Morgan fingerprint density at radius 3 is 2.66 bits per heavy atom. The van der Waals surface area contributed by atoms with Crippen molar-refractivity contribution in [2.45, 2.75) is 17.4 Å². The van der Waals surface area contributed by atoms with Crippen molar-refractivity contribution in [3.8, 4) is 0 Å². The highest BCUT2D eigenvalue weighted by Crippen LogP contribution is 2.30. The van der Waals surface area contributed by atoms with E-state index < -0.39 is 17.6 Å². The van der Waals surface area contributed by atoms with Crippen LogP contribution in [0.2, 0.25) is 0 Å². The maximum atomic E-state index is 12.8. The van der Waals surface area contributed by atoms with Crippen LogP contribution in [0.25, 0.3) is 0 Å². The molecule has 0 atom stereocenters. The van der Waals surface area contributed by atoms with Crippen LogP contribution in [0.4, 0.5) is 23.4 Å². The molecule has 0 radical (unpaired) electrons. The number of thioether (sulfide) groups is 1. The first-order valence-corrected chi connectivity index (χ1v) is 10.6. The average Bonchev–Trinajstić information content (AvgIpc) is 3.28. The number of hydrogen-bond acceptors (Lipinski definition) is 8. The number of nitrogens with one attached hydrogen (secondary N) is 2. The minimum atomic E-state index is -4.54. The minimum Gasteiger partial charge on any atom is -0.301 e. The van der Waals surface area contributed by atoms with Gasteiger partial charge in [-0.05, 0) is 25.1 Å². The third-order valence-electron chi connectivity index (χ3n) is 3.27. The van der Waals surface area contributed by atoms with Crippen LogP contribution in [0.1, 0.15) is 21.6 Å². The Labute approximate surface area is 174 Å². The van der Waals surface area contributed by atoms with Gasteiger partial charge in [-0.3, -0.25) is 14.9 Å². The van der Waals surface area contributed by atoms with Crippen molar-refractivity contribution in [2.75, 3.05) is 16.4 Å². The molecule has 3 rings (SSSR count). The lowest BCUT2D eigenvalue weighted by Gasteiger charge is -2.08. The molecular formula is C16H12F3N5O2S3. The van der Waals surface area contributed by atoms with Crippen LogP contribution in [0.5, 0.6) is 0 Å². The van der Waals surface area contributed by atoms with E-state index in [0.29, 0.717) is 9.47 Å². The van der Waals surface area contributed by atoms with Crippen LogP contribution < -0.4 is 10.6 Å². The number of nitrogens with zero attached hydrogens (tertiary/aromatic N) is 3. The van der Waals surface area contributed by atoms with Gasteiger partial charge in [0, 0.05) is 10.9 Å². The van der Waals surface area contributed by atoms with Gasteiger partial charge in [0.25, 0.3) is 5.91 Å². The molecule has 0 bridgehead atoms. The molecule has 2 amide bonds. The molecule has 3 aromatic rings. The molecule has 0 spiro atoms. The van der Waals surface area contributed by atoms with E-state index in [-0.39, 0.29) is 22.4 Å². The van der Waals surface area contributed by atoms with Gasteiger partial charge in [-0.1, -0.05) is 29.2 Å². The van der Waals surface area contributed by atoms with Gasteiger partial charge in [-0.2, -0.15) is 13.2 Å². The third-order valence-corrected chi connectivity index (χ3v) is 6.12. The summed E-state index contributed by atoms with van der Waals surface area (Å²) in [5, 5.41) is 15.1. The molecule has 7 nitrogen and oxygen atoms in total. The largest absolute Gasteiger partial charge is 0.416 e. The van der Waals surface area contributed by atoms with E-state index in [2.05, 4.69) is 25.8 Å². The molecule has 0 saturated carbocycles. The molecule has 0 unspecified atom stereocenters. The molecule has 0 saturated heterocycles. The Balaban J connectivity index is 1.54. The molecule has 2 N–H and O–H groups in total. The SMILES string of the molecule is Cc1csc(NC(=O)CSc2nnc(NC(=O)c3cccc(C(F)(F)F)c3)s2)n1. The summed E-state index contributed by atoms with van der Waals surface area (Å²) in [5.74, 6) is -0.941. The molecule has 0 aliphatic rings. The van der Waals surface area contributed by atoms with Crippen molar-refractivity contribution >= 4 is 56.5 Å². The summed E-state index contributed by atoms with van der Waals surface area (Å²) in [6.45, 7) is 1.82. The van der Waals surface area contributed by atoms with E-state index in [1.54, 1.807) is 0 Å². The topological polar surface area (TPSA) is 96.9 Å². The monoisotopic (exact) mass is 459 g/mol. The summed E-state index contributed by atoms with van der Waals surface area (Å²) in [7, 11) is 0. The third kappa shape index (κ3) is 5.98. The van der Waals surface area contributed by atoms with Gasteiger partial charge < -0.3 is 5.32 Å². The summed E-state index contributed by atoms with van der Waals surface area (Å²) in [6.07, 6.45) is -4.54. The number of halogens is 3. The lowest BCUT2D eigenvalue weighted by Crippen LogP contribution is -2.13. The van der Waals surface area contributed by atoms with Gasteiger partial charge in [0.15, 0.2) is 9.47 Å². The molecule has 1 aromatic carbocycles. The number of carbonyl (C=O) groups is 2. The van der Waals surface area contributed by atoms with E-state index in [4.69, 9.17) is 0 Å². The number of anilines is 2. The van der Waals surface area contributed by atoms with Crippen molar-refractivity contribution in [1.29, 1.82) is 0 Å². The number of alkyl halides is 3. The second kappa shape index (κ2) is 8.88. The summed E-state index contributed by atoms with van der Waals surface area (Å²) < 4.78 is 38.7. The van der Waals surface area contributed by atoms with Gasteiger partial charge in [-0.15, -0.1) is 21.5 Å². The predicted octanol–water partition coefficient (Wildman–Crippen LogP) is 4.30. The normalized spacial score (nSPS) is 11.3. The van der Waals surface area contributed by atoms with Gasteiger partial charge in [0.1, 0.15) is 0 Å². The Kier molecular flexibility index (Phi) is 6.49. The molecule has 13 heteroatoms. The Bertz CT molecular complexity index is 1030. The summed E-state index contributed by atoms with van der Waals surface area (Å²) in [4.78, 5) is 28.2. The number of rotatable bonds is 6. The second-order valence-electron chi connectivity index (χ2n) is 5.54. The number of aromatic nitrogens is 3. The first kappa shape index (κ1) is 21.2. The standard InChI is InChI=1S/C16H12F3N5O2S3/c1-8-6-27-13(20-8)21-11(25)7-28-15-24-23-14(29-15)22-12(26)9-3-2-4-10(5-9)16(17,18)19/h2-6H,7H2,1H3,(H,20,21,25)(H,22,23,26). The van der Waals surface area contributed by atoms with Crippen LogP contribution in [-0.2, 0) is 11.0 Å². The summed E-state index contributed by atoms with van der Waals surface area (Å²) in [5.41, 5.74) is -0.259. The van der Waals surface area contributed by atoms with Gasteiger partial charge >= 0.3 is 6.18 Å². The molecule has 29 heavy (non-hydrogen) atoms. The summed E-state index contributed by atoms with van der Waals surface area (Å²) >= 11 is 3.44. The average molecular weight is 460 g/mol. The molecule has 0 aliphatic heterocycles. The lowest BCUT2D eigenvalue weighted by atomic mass is 10.1. The Morgan fingerprint density at radius 1 is 1.17 bits per heavy atom. The van der Waals surface area contributed by atoms with Crippen molar-refractivity contribution in [3.63, 3.8) is 0 Å². The van der Waals surface area contributed by atoms with E-state index in [1.807, 2.05) is 12.3 Å². The van der Waals surface area contributed by atoms with E-state index >= 15 is 0 Å². The molecule has 2 aromatic heterocycles. The van der Waals surface area contributed by atoms with Crippen molar-refractivity contribution in [1.82, 2.24) is 15.2 Å². The van der Waals surface area contributed by atoms with E-state index in [9.17, 15) is 22.8 Å². The molecule has 2 heterocycles.